The van der Waals surface area contributed by atoms with E-state index in [1.165, 1.54) is 0 Å². The number of carbonyl (C=O) groups is 2. The number of rotatable bonds is 5. The SMILES string of the molecule is CC(=O)N1CCC(CN2CCOC(CNC(=O)c3cc(Cl)c(N)c4c3OCC4)C2)CC1. The molecule has 4 rings (SSSR count). The molecule has 0 saturated carbocycles. The summed E-state index contributed by atoms with van der Waals surface area (Å²) in [6.45, 7) is 7.60. The van der Waals surface area contributed by atoms with E-state index in [0.717, 1.165) is 51.1 Å². The average molecular weight is 451 g/mol. The van der Waals surface area contributed by atoms with Crippen molar-refractivity contribution in [2.75, 3.05) is 58.2 Å². The number of anilines is 1. The highest BCUT2D eigenvalue weighted by molar-refractivity contribution is 6.33. The summed E-state index contributed by atoms with van der Waals surface area (Å²) in [7, 11) is 0. The van der Waals surface area contributed by atoms with Crippen LogP contribution in [0.2, 0.25) is 5.02 Å². The molecule has 170 valence electrons. The summed E-state index contributed by atoms with van der Waals surface area (Å²) in [5, 5.41) is 3.35. The van der Waals surface area contributed by atoms with E-state index in [4.69, 9.17) is 26.8 Å². The van der Waals surface area contributed by atoms with Gasteiger partial charge in [-0.3, -0.25) is 14.5 Å². The summed E-state index contributed by atoms with van der Waals surface area (Å²) >= 11 is 6.21. The number of hydrogen-bond donors (Lipinski definition) is 2. The zero-order valence-electron chi connectivity index (χ0n) is 18.0. The summed E-state index contributed by atoms with van der Waals surface area (Å²) in [4.78, 5) is 28.7. The molecular weight excluding hydrogens is 420 g/mol. The van der Waals surface area contributed by atoms with Crippen LogP contribution in [0.15, 0.2) is 6.07 Å². The lowest BCUT2D eigenvalue weighted by Gasteiger charge is -2.38. The van der Waals surface area contributed by atoms with Gasteiger partial charge in [0.25, 0.3) is 5.91 Å². The molecule has 0 spiro atoms. The Kier molecular flexibility index (Phi) is 6.89. The average Bonchev–Trinajstić information content (AvgIpc) is 3.25. The number of nitrogens with zero attached hydrogens (tertiary/aromatic N) is 2. The van der Waals surface area contributed by atoms with Crippen molar-refractivity contribution in [2.45, 2.75) is 32.3 Å². The quantitative estimate of drug-likeness (QED) is 0.660. The lowest BCUT2D eigenvalue weighted by atomic mass is 9.96. The molecular formula is C22H31ClN4O4. The molecule has 31 heavy (non-hydrogen) atoms. The highest BCUT2D eigenvalue weighted by Crippen LogP contribution is 2.38. The predicted molar refractivity (Wildman–Crippen MR) is 119 cm³/mol. The number of morpholine rings is 1. The van der Waals surface area contributed by atoms with Gasteiger partial charge in [0.1, 0.15) is 5.75 Å². The third-order valence-electron chi connectivity index (χ3n) is 6.50. The monoisotopic (exact) mass is 450 g/mol. The van der Waals surface area contributed by atoms with E-state index in [2.05, 4.69) is 10.2 Å². The van der Waals surface area contributed by atoms with E-state index in [0.29, 0.717) is 54.1 Å². The maximum atomic E-state index is 12.8. The summed E-state index contributed by atoms with van der Waals surface area (Å²) in [6.07, 6.45) is 2.68. The van der Waals surface area contributed by atoms with Crippen LogP contribution in [0.5, 0.6) is 5.75 Å². The number of carbonyl (C=O) groups excluding carboxylic acids is 2. The Bertz CT molecular complexity index is 841. The third kappa shape index (κ3) is 5.07. The first-order chi connectivity index (χ1) is 14.9. The predicted octanol–water partition coefficient (Wildman–Crippen LogP) is 1.55. The summed E-state index contributed by atoms with van der Waals surface area (Å²) < 4.78 is 11.5. The third-order valence-corrected chi connectivity index (χ3v) is 6.82. The molecule has 1 atom stereocenters. The number of fused-ring (bicyclic) bond motifs is 1. The molecule has 3 heterocycles. The van der Waals surface area contributed by atoms with Crippen molar-refractivity contribution in [2.24, 2.45) is 5.92 Å². The van der Waals surface area contributed by atoms with Crippen molar-refractivity contribution in [3.8, 4) is 5.75 Å². The van der Waals surface area contributed by atoms with E-state index < -0.39 is 0 Å². The van der Waals surface area contributed by atoms with Gasteiger partial charge in [-0.2, -0.15) is 0 Å². The molecule has 2 saturated heterocycles. The summed E-state index contributed by atoms with van der Waals surface area (Å²) in [6, 6.07) is 1.58. The van der Waals surface area contributed by atoms with E-state index in [-0.39, 0.29) is 17.9 Å². The fourth-order valence-electron chi connectivity index (χ4n) is 4.70. The van der Waals surface area contributed by atoms with Gasteiger partial charge in [-0.15, -0.1) is 0 Å². The van der Waals surface area contributed by atoms with Gasteiger partial charge in [-0.25, -0.2) is 0 Å². The minimum atomic E-state index is -0.225. The van der Waals surface area contributed by atoms with Crippen molar-refractivity contribution >= 4 is 29.1 Å². The molecule has 9 heteroatoms. The highest BCUT2D eigenvalue weighted by atomic mass is 35.5. The number of ether oxygens (including phenoxy) is 2. The van der Waals surface area contributed by atoms with Gasteiger partial charge in [-0.1, -0.05) is 11.6 Å². The second-order valence-corrected chi connectivity index (χ2v) is 9.04. The zero-order valence-corrected chi connectivity index (χ0v) is 18.7. The molecule has 3 aliphatic heterocycles. The molecule has 0 aliphatic carbocycles. The van der Waals surface area contributed by atoms with Gasteiger partial charge in [0.05, 0.1) is 35.6 Å². The first-order valence-corrected chi connectivity index (χ1v) is 11.4. The van der Waals surface area contributed by atoms with Crippen LogP contribution in [0, 0.1) is 5.92 Å². The van der Waals surface area contributed by atoms with Crippen LogP contribution < -0.4 is 15.8 Å². The minimum Gasteiger partial charge on any atom is -0.492 e. The number of nitrogen functional groups attached to an aromatic ring is 1. The summed E-state index contributed by atoms with van der Waals surface area (Å²) in [5.41, 5.74) is 7.75. The van der Waals surface area contributed by atoms with Crippen LogP contribution in [-0.4, -0.2) is 80.2 Å². The fraction of sp³-hybridized carbons (Fsp3) is 0.636. The van der Waals surface area contributed by atoms with E-state index in [9.17, 15) is 9.59 Å². The normalized spacial score (nSPS) is 22.1. The van der Waals surface area contributed by atoms with Crippen molar-refractivity contribution in [3.63, 3.8) is 0 Å². The Hall–Kier alpha value is -2.03. The van der Waals surface area contributed by atoms with E-state index in [1.54, 1.807) is 13.0 Å². The highest BCUT2D eigenvalue weighted by Gasteiger charge is 2.28. The maximum absolute atomic E-state index is 12.8. The first-order valence-electron chi connectivity index (χ1n) is 11.0. The standard InChI is InChI=1S/C22H31ClN4O4/c1-14(28)27-5-2-15(3-6-27)12-26-7-9-30-16(13-26)11-25-22(29)18-10-19(23)20(24)17-4-8-31-21(17)18/h10,15-16H,2-9,11-13,24H2,1H3,(H,25,29). The molecule has 1 aromatic rings. The summed E-state index contributed by atoms with van der Waals surface area (Å²) in [5.74, 6) is 1.08. The minimum absolute atomic E-state index is 0.0618. The number of piperidine rings is 1. The molecule has 3 N–H and O–H groups in total. The van der Waals surface area contributed by atoms with Crippen LogP contribution in [-0.2, 0) is 16.0 Å². The molecule has 2 amide bonds. The van der Waals surface area contributed by atoms with Crippen LogP contribution in [0.3, 0.4) is 0 Å². The van der Waals surface area contributed by atoms with Crippen LogP contribution in [0.25, 0.3) is 0 Å². The number of benzene rings is 1. The number of amides is 2. The fourth-order valence-corrected chi connectivity index (χ4v) is 4.93. The second kappa shape index (κ2) is 9.63. The zero-order chi connectivity index (χ0) is 22.0. The van der Waals surface area contributed by atoms with Gasteiger partial charge >= 0.3 is 0 Å². The van der Waals surface area contributed by atoms with Crippen LogP contribution in [0.1, 0.15) is 35.7 Å². The Morgan fingerprint density at radius 3 is 2.77 bits per heavy atom. The molecule has 8 nitrogen and oxygen atoms in total. The second-order valence-electron chi connectivity index (χ2n) is 8.64. The van der Waals surface area contributed by atoms with Crippen molar-refractivity contribution in [3.05, 3.63) is 22.2 Å². The van der Waals surface area contributed by atoms with Gasteiger partial charge in [-0.05, 0) is 24.8 Å². The largest absolute Gasteiger partial charge is 0.492 e. The Labute approximate surface area is 188 Å². The van der Waals surface area contributed by atoms with E-state index >= 15 is 0 Å². The smallest absolute Gasteiger partial charge is 0.255 e. The van der Waals surface area contributed by atoms with E-state index in [1.807, 2.05) is 4.90 Å². The lowest BCUT2D eigenvalue weighted by Crippen LogP contribution is -2.49. The van der Waals surface area contributed by atoms with Gasteiger partial charge in [0.15, 0.2) is 0 Å². The number of likely N-dealkylation sites (tertiary alicyclic amines) is 1. The van der Waals surface area contributed by atoms with Crippen molar-refractivity contribution in [1.29, 1.82) is 0 Å². The molecule has 1 aromatic carbocycles. The molecule has 0 aromatic heterocycles. The number of nitrogens with two attached hydrogens (primary N) is 1. The maximum Gasteiger partial charge on any atom is 0.255 e. The van der Waals surface area contributed by atoms with Gasteiger partial charge in [0, 0.05) is 58.2 Å². The molecule has 1 unspecified atom stereocenters. The van der Waals surface area contributed by atoms with Crippen LogP contribution in [0.4, 0.5) is 5.69 Å². The Morgan fingerprint density at radius 2 is 2.03 bits per heavy atom. The van der Waals surface area contributed by atoms with Crippen molar-refractivity contribution < 1.29 is 19.1 Å². The first kappa shape index (κ1) is 22.2. The van der Waals surface area contributed by atoms with Gasteiger partial charge < -0.3 is 25.4 Å². The molecule has 0 bridgehead atoms. The lowest BCUT2D eigenvalue weighted by molar-refractivity contribution is -0.130. The van der Waals surface area contributed by atoms with Crippen LogP contribution >= 0.6 is 11.6 Å². The molecule has 0 radical (unpaired) electrons. The number of nitrogens with one attached hydrogen (secondary N) is 1. The van der Waals surface area contributed by atoms with Crippen molar-refractivity contribution in [1.82, 2.24) is 15.1 Å². The topological polar surface area (TPSA) is 97.1 Å². The number of hydrogen-bond acceptors (Lipinski definition) is 6. The van der Waals surface area contributed by atoms with Gasteiger partial charge in [0.2, 0.25) is 5.91 Å². The Morgan fingerprint density at radius 1 is 1.26 bits per heavy atom. The number of halogens is 1. The molecule has 2 fully saturated rings. The molecule has 3 aliphatic rings. The Balaban J connectivity index is 1.28.